The van der Waals surface area contributed by atoms with Gasteiger partial charge in [-0.05, 0) is 51.4 Å². The number of benzene rings is 1. The fourth-order valence-electron chi connectivity index (χ4n) is 2.98. The van der Waals surface area contributed by atoms with Crippen LogP contribution in [0.3, 0.4) is 0 Å². The minimum Gasteiger partial charge on any atom is -0.493 e. The Hall–Kier alpha value is -2.08. The van der Waals surface area contributed by atoms with Gasteiger partial charge in [0.05, 0.1) is 12.2 Å². The highest BCUT2D eigenvalue weighted by atomic mass is 16.5. The zero-order valence-electron chi connectivity index (χ0n) is 14.5. The molecule has 1 aliphatic rings. The van der Waals surface area contributed by atoms with Crippen molar-refractivity contribution in [1.82, 2.24) is 15.1 Å². The third-order valence-electron chi connectivity index (χ3n) is 4.10. The van der Waals surface area contributed by atoms with E-state index in [-0.39, 0.29) is 6.04 Å². The van der Waals surface area contributed by atoms with Gasteiger partial charge in [0, 0.05) is 12.6 Å². The number of anilines is 1. The predicted octanol–water partition coefficient (Wildman–Crippen LogP) is 3.42. The van der Waals surface area contributed by atoms with Crippen molar-refractivity contribution in [3.05, 3.63) is 24.3 Å². The Morgan fingerprint density at radius 1 is 1.25 bits per heavy atom. The van der Waals surface area contributed by atoms with Gasteiger partial charge >= 0.3 is 6.01 Å². The van der Waals surface area contributed by atoms with Crippen LogP contribution in [-0.4, -0.2) is 47.4 Å². The van der Waals surface area contributed by atoms with Crippen molar-refractivity contribution in [3.8, 4) is 17.2 Å². The fourth-order valence-corrected chi connectivity index (χ4v) is 2.98. The second-order valence-electron chi connectivity index (χ2n) is 6.31. The van der Waals surface area contributed by atoms with Crippen LogP contribution < -0.4 is 10.1 Å². The molecular formula is C18H26N4O2. The van der Waals surface area contributed by atoms with E-state index >= 15 is 0 Å². The third kappa shape index (κ3) is 4.26. The first kappa shape index (κ1) is 16.8. The van der Waals surface area contributed by atoms with Crippen LogP contribution in [0.2, 0.25) is 0 Å². The van der Waals surface area contributed by atoms with Gasteiger partial charge in [0.15, 0.2) is 0 Å². The summed E-state index contributed by atoms with van der Waals surface area (Å²) in [4.78, 5) is 2.46. The lowest BCUT2D eigenvalue weighted by atomic mass is 10.2. The molecule has 0 aliphatic carbocycles. The standard InChI is InChI=1S/C18H26N4O2/c1-3-12-23-16-9-5-4-8-15(16)17-20-21-18(24-17)19-14(2)13-22-10-6-7-11-22/h4-5,8-9,14H,3,6-7,10-13H2,1-2H3,(H,19,21). The molecule has 0 bridgehead atoms. The molecule has 0 spiro atoms. The van der Waals surface area contributed by atoms with Crippen LogP contribution in [-0.2, 0) is 0 Å². The van der Waals surface area contributed by atoms with Crippen LogP contribution in [0.5, 0.6) is 5.75 Å². The van der Waals surface area contributed by atoms with Gasteiger partial charge in [-0.15, -0.1) is 5.10 Å². The SMILES string of the molecule is CCCOc1ccccc1-c1nnc(NC(C)CN2CCCC2)o1. The fraction of sp³-hybridized carbons (Fsp3) is 0.556. The zero-order chi connectivity index (χ0) is 16.8. The van der Waals surface area contributed by atoms with E-state index in [1.54, 1.807) is 0 Å². The molecule has 1 aliphatic heterocycles. The minimum absolute atomic E-state index is 0.267. The Morgan fingerprint density at radius 2 is 2.04 bits per heavy atom. The van der Waals surface area contributed by atoms with Gasteiger partial charge in [-0.1, -0.05) is 24.2 Å². The van der Waals surface area contributed by atoms with E-state index in [1.165, 1.54) is 25.9 Å². The molecule has 2 heterocycles. The van der Waals surface area contributed by atoms with Crippen LogP contribution in [0.25, 0.3) is 11.5 Å². The lowest BCUT2D eigenvalue weighted by molar-refractivity contribution is 0.317. The summed E-state index contributed by atoms with van der Waals surface area (Å²) in [6.07, 6.45) is 3.55. The molecule has 1 aromatic heterocycles. The summed E-state index contributed by atoms with van der Waals surface area (Å²) in [6.45, 7) is 8.25. The Kier molecular flexibility index (Phi) is 5.69. The van der Waals surface area contributed by atoms with Crippen molar-refractivity contribution in [2.24, 2.45) is 0 Å². The maximum absolute atomic E-state index is 5.79. The highest BCUT2D eigenvalue weighted by molar-refractivity contribution is 5.62. The van der Waals surface area contributed by atoms with Gasteiger partial charge in [0.2, 0.25) is 0 Å². The molecule has 1 unspecified atom stereocenters. The number of hydrogen-bond acceptors (Lipinski definition) is 6. The van der Waals surface area contributed by atoms with Crippen LogP contribution in [0.4, 0.5) is 6.01 Å². The highest BCUT2D eigenvalue weighted by Gasteiger charge is 2.17. The minimum atomic E-state index is 0.267. The maximum atomic E-state index is 5.79. The van der Waals surface area contributed by atoms with Crippen LogP contribution in [0.1, 0.15) is 33.1 Å². The molecule has 1 fully saturated rings. The average molecular weight is 330 g/mol. The Bertz CT molecular complexity index is 637. The lowest BCUT2D eigenvalue weighted by Crippen LogP contribution is -2.33. The van der Waals surface area contributed by atoms with Crippen molar-refractivity contribution < 1.29 is 9.15 Å². The number of para-hydroxylation sites is 1. The van der Waals surface area contributed by atoms with Gasteiger partial charge in [-0.2, -0.15) is 0 Å². The van der Waals surface area contributed by atoms with Gasteiger partial charge < -0.3 is 19.4 Å². The molecule has 6 nitrogen and oxygen atoms in total. The number of nitrogens with one attached hydrogen (secondary N) is 1. The smallest absolute Gasteiger partial charge is 0.316 e. The summed E-state index contributed by atoms with van der Waals surface area (Å²) in [5.74, 6) is 1.26. The largest absolute Gasteiger partial charge is 0.493 e. The molecule has 24 heavy (non-hydrogen) atoms. The Balaban J connectivity index is 1.64. The summed E-state index contributed by atoms with van der Waals surface area (Å²) >= 11 is 0. The first-order chi connectivity index (χ1) is 11.8. The van der Waals surface area contributed by atoms with E-state index < -0.39 is 0 Å². The normalized spacial score (nSPS) is 16.2. The first-order valence-electron chi connectivity index (χ1n) is 8.81. The summed E-state index contributed by atoms with van der Waals surface area (Å²) in [6, 6.07) is 8.49. The van der Waals surface area contributed by atoms with Crippen LogP contribution >= 0.6 is 0 Å². The van der Waals surface area contributed by atoms with Gasteiger partial charge in [-0.3, -0.25) is 0 Å². The monoisotopic (exact) mass is 330 g/mol. The predicted molar refractivity (Wildman–Crippen MR) is 94.3 cm³/mol. The second-order valence-corrected chi connectivity index (χ2v) is 6.31. The second kappa shape index (κ2) is 8.15. The van der Waals surface area contributed by atoms with E-state index in [0.717, 1.165) is 24.3 Å². The highest BCUT2D eigenvalue weighted by Crippen LogP contribution is 2.29. The number of nitrogens with zero attached hydrogens (tertiary/aromatic N) is 3. The molecule has 1 N–H and O–H groups in total. The summed E-state index contributed by atoms with van der Waals surface area (Å²) in [5.41, 5.74) is 0.832. The summed E-state index contributed by atoms with van der Waals surface area (Å²) < 4.78 is 11.6. The van der Waals surface area contributed by atoms with E-state index in [4.69, 9.17) is 9.15 Å². The van der Waals surface area contributed by atoms with Crippen LogP contribution in [0.15, 0.2) is 28.7 Å². The molecular weight excluding hydrogens is 304 g/mol. The molecule has 0 radical (unpaired) electrons. The lowest BCUT2D eigenvalue weighted by Gasteiger charge is -2.20. The summed E-state index contributed by atoms with van der Waals surface area (Å²) in [5, 5.41) is 11.6. The molecule has 1 aromatic carbocycles. The molecule has 0 saturated carbocycles. The van der Waals surface area contributed by atoms with Crippen molar-refractivity contribution in [2.45, 2.75) is 39.2 Å². The molecule has 130 valence electrons. The summed E-state index contributed by atoms with van der Waals surface area (Å²) in [7, 11) is 0. The molecule has 2 aromatic rings. The maximum Gasteiger partial charge on any atom is 0.316 e. The van der Waals surface area contributed by atoms with Gasteiger partial charge in [-0.25, -0.2) is 0 Å². The topological polar surface area (TPSA) is 63.4 Å². The molecule has 1 atom stereocenters. The Morgan fingerprint density at radius 3 is 2.83 bits per heavy atom. The quantitative estimate of drug-likeness (QED) is 0.800. The van der Waals surface area contributed by atoms with E-state index in [2.05, 4.69) is 34.3 Å². The number of aromatic nitrogens is 2. The number of hydrogen-bond donors (Lipinski definition) is 1. The van der Waals surface area contributed by atoms with Crippen molar-refractivity contribution in [2.75, 3.05) is 31.6 Å². The van der Waals surface area contributed by atoms with Gasteiger partial charge in [0.25, 0.3) is 5.89 Å². The van der Waals surface area contributed by atoms with Crippen molar-refractivity contribution >= 4 is 6.01 Å². The van der Waals surface area contributed by atoms with Gasteiger partial charge in [0.1, 0.15) is 5.75 Å². The van der Waals surface area contributed by atoms with E-state index in [1.807, 2.05) is 24.3 Å². The van der Waals surface area contributed by atoms with Crippen molar-refractivity contribution in [1.29, 1.82) is 0 Å². The molecule has 1 saturated heterocycles. The van der Waals surface area contributed by atoms with E-state index in [0.29, 0.717) is 18.5 Å². The first-order valence-corrected chi connectivity index (χ1v) is 8.81. The number of ether oxygens (including phenoxy) is 1. The third-order valence-corrected chi connectivity index (χ3v) is 4.10. The Labute approximate surface area is 143 Å². The van der Waals surface area contributed by atoms with E-state index in [9.17, 15) is 0 Å². The molecule has 0 amide bonds. The van der Waals surface area contributed by atoms with Crippen molar-refractivity contribution in [3.63, 3.8) is 0 Å². The number of likely N-dealkylation sites (tertiary alicyclic amines) is 1. The average Bonchev–Trinajstić information content (AvgIpc) is 3.25. The molecule has 6 heteroatoms. The number of rotatable bonds is 8. The zero-order valence-corrected chi connectivity index (χ0v) is 14.5. The van der Waals surface area contributed by atoms with Crippen LogP contribution in [0, 0.1) is 0 Å². The molecule has 3 rings (SSSR count).